The summed E-state index contributed by atoms with van der Waals surface area (Å²) in [6.45, 7) is 8.53. The molecule has 32 heavy (non-hydrogen) atoms. The molecular formula is C27H34O5. The molecule has 1 aliphatic rings. The van der Waals surface area contributed by atoms with Crippen LogP contribution in [0.15, 0.2) is 41.5 Å². The topological polar surface area (TPSA) is 68.2 Å². The summed E-state index contributed by atoms with van der Waals surface area (Å²) in [6.07, 6.45) is 5.96. The molecule has 0 spiro atoms. The Bertz CT molecular complexity index is 1040. The number of methoxy groups -OCH3 is 2. The molecule has 0 amide bonds. The number of phenolic OH excluding ortho intramolecular Hbond substituents is 2. The van der Waals surface area contributed by atoms with Crippen LogP contribution in [0.1, 0.15) is 55.9 Å². The summed E-state index contributed by atoms with van der Waals surface area (Å²) in [7, 11) is 3.23. The molecule has 1 aliphatic heterocycles. The summed E-state index contributed by atoms with van der Waals surface area (Å²) in [5.74, 6) is 2.34. The van der Waals surface area contributed by atoms with Crippen LogP contribution in [0.2, 0.25) is 0 Å². The smallest absolute Gasteiger partial charge is 0.132 e. The summed E-state index contributed by atoms with van der Waals surface area (Å²) in [6, 6.07) is 5.50. The van der Waals surface area contributed by atoms with Gasteiger partial charge >= 0.3 is 0 Å². The third-order valence-corrected chi connectivity index (χ3v) is 5.88. The molecule has 2 aromatic carbocycles. The monoisotopic (exact) mass is 438 g/mol. The molecule has 0 saturated carbocycles. The van der Waals surface area contributed by atoms with Crippen molar-refractivity contribution in [3.63, 3.8) is 0 Å². The van der Waals surface area contributed by atoms with Gasteiger partial charge in [0, 0.05) is 34.2 Å². The molecule has 0 aromatic heterocycles. The first-order valence-corrected chi connectivity index (χ1v) is 11.0. The van der Waals surface area contributed by atoms with Gasteiger partial charge in [-0.05, 0) is 53.0 Å². The van der Waals surface area contributed by atoms with Gasteiger partial charge in [0.1, 0.15) is 28.7 Å². The van der Waals surface area contributed by atoms with Gasteiger partial charge in [0.25, 0.3) is 0 Å². The Morgan fingerprint density at radius 3 is 2.25 bits per heavy atom. The van der Waals surface area contributed by atoms with Gasteiger partial charge in [-0.3, -0.25) is 0 Å². The van der Waals surface area contributed by atoms with Crippen LogP contribution < -0.4 is 14.2 Å². The van der Waals surface area contributed by atoms with Crippen LogP contribution in [0.25, 0.3) is 0 Å². The highest BCUT2D eigenvalue weighted by molar-refractivity contribution is 5.60. The number of aromatic hydroxyl groups is 2. The SMILES string of the molecule is COc1ccc(C2COc3cc(O)c(CC=C(C)C)c(OC)c3C2)c(O)c1CC=C(C)C. The maximum Gasteiger partial charge on any atom is 0.132 e. The number of hydrogen-bond donors (Lipinski definition) is 2. The lowest BCUT2D eigenvalue weighted by atomic mass is 9.86. The second kappa shape index (κ2) is 10.0. The van der Waals surface area contributed by atoms with Gasteiger partial charge in [0.05, 0.1) is 20.8 Å². The summed E-state index contributed by atoms with van der Waals surface area (Å²) in [5, 5.41) is 21.7. The highest BCUT2D eigenvalue weighted by atomic mass is 16.5. The zero-order chi connectivity index (χ0) is 23.4. The van der Waals surface area contributed by atoms with E-state index < -0.39 is 0 Å². The first kappa shape index (κ1) is 23.6. The van der Waals surface area contributed by atoms with E-state index in [0.717, 1.165) is 22.3 Å². The minimum atomic E-state index is -0.0476. The predicted octanol–water partition coefficient (Wildman–Crippen LogP) is 5.85. The van der Waals surface area contributed by atoms with Gasteiger partial charge in [-0.1, -0.05) is 29.4 Å². The van der Waals surface area contributed by atoms with E-state index in [0.29, 0.717) is 43.1 Å². The minimum absolute atomic E-state index is 0.0476. The maximum atomic E-state index is 11.1. The molecule has 0 bridgehead atoms. The molecule has 0 saturated heterocycles. The van der Waals surface area contributed by atoms with Crippen LogP contribution in [-0.4, -0.2) is 31.0 Å². The number of rotatable bonds is 7. The lowest BCUT2D eigenvalue weighted by molar-refractivity contribution is 0.252. The average molecular weight is 439 g/mol. The number of ether oxygens (including phenoxy) is 3. The second-order valence-corrected chi connectivity index (χ2v) is 8.75. The number of phenols is 2. The summed E-state index contributed by atoms with van der Waals surface area (Å²) in [4.78, 5) is 0. The van der Waals surface area contributed by atoms with Gasteiger partial charge in [-0.15, -0.1) is 0 Å². The Balaban J connectivity index is 2.02. The molecule has 3 rings (SSSR count). The van der Waals surface area contributed by atoms with Crippen molar-refractivity contribution in [1.29, 1.82) is 0 Å². The molecule has 0 radical (unpaired) electrons. The molecule has 5 heteroatoms. The molecule has 0 fully saturated rings. The van der Waals surface area contributed by atoms with E-state index in [1.165, 1.54) is 11.1 Å². The van der Waals surface area contributed by atoms with Crippen molar-refractivity contribution >= 4 is 0 Å². The number of benzene rings is 2. The molecule has 5 nitrogen and oxygen atoms in total. The second-order valence-electron chi connectivity index (χ2n) is 8.75. The Morgan fingerprint density at radius 1 is 1.00 bits per heavy atom. The van der Waals surface area contributed by atoms with Gasteiger partial charge in [-0.25, -0.2) is 0 Å². The fraction of sp³-hybridized carbons (Fsp3) is 0.407. The van der Waals surface area contributed by atoms with Crippen LogP contribution in [-0.2, 0) is 19.3 Å². The maximum absolute atomic E-state index is 11.1. The van der Waals surface area contributed by atoms with Crippen LogP contribution in [0.3, 0.4) is 0 Å². The Labute approximate surface area is 191 Å². The van der Waals surface area contributed by atoms with Gasteiger partial charge < -0.3 is 24.4 Å². The van der Waals surface area contributed by atoms with Crippen molar-refractivity contribution < 1.29 is 24.4 Å². The first-order chi connectivity index (χ1) is 15.3. The van der Waals surface area contributed by atoms with E-state index >= 15 is 0 Å². The highest BCUT2D eigenvalue weighted by Crippen LogP contribution is 2.46. The summed E-state index contributed by atoms with van der Waals surface area (Å²) in [5.41, 5.74) is 5.62. The van der Waals surface area contributed by atoms with Crippen LogP contribution in [0, 0.1) is 0 Å². The first-order valence-electron chi connectivity index (χ1n) is 11.0. The molecule has 1 atom stereocenters. The largest absolute Gasteiger partial charge is 0.507 e. The van der Waals surface area contributed by atoms with E-state index in [4.69, 9.17) is 14.2 Å². The predicted molar refractivity (Wildman–Crippen MR) is 128 cm³/mol. The molecule has 1 unspecified atom stereocenters. The summed E-state index contributed by atoms with van der Waals surface area (Å²) >= 11 is 0. The van der Waals surface area contributed by atoms with Crippen LogP contribution >= 0.6 is 0 Å². The summed E-state index contributed by atoms with van der Waals surface area (Å²) < 4.78 is 17.3. The van der Waals surface area contributed by atoms with Gasteiger partial charge in [0.2, 0.25) is 0 Å². The normalized spacial score (nSPS) is 14.8. The lowest BCUT2D eigenvalue weighted by Gasteiger charge is -2.29. The lowest BCUT2D eigenvalue weighted by Crippen LogP contribution is -2.20. The Morgan fingerprint density at radius 2 is 1.66 bits per heavy atom. The molecule has 2 aromatic rings. The standard InChI is InChI=1S/C27H34O5/c1-16(2)7-9-20-23(28)14-25-22(27(20)31-6)13-18(15-32-25)19-11-12-24(30-5)21(26(19)29)10-8-17(3)4/h7-8,11-12,14,18,28-29H,9-10,13,15H2,1-6H3. The minimum Gasteiger partial charge on any atom is -0.507 e. The molecular weight excluding hydrogens is 404 g/mol. The van der Waals surface area contributed by atoms with E-state index in [9.17, 15) is 10.2 Å². The van der Waals surface area contributed by atoms with Crippen molar-refractivity contribution in [1.82, 2.24) is 0 Å². The van der Waals surface area contributed by atoms with Gasteiger partial charge in [0.15, 0.2) is 0 Å². The Hall–Kier alpha value is -3.08. The number of hydrogen-bond acceptors (Lipinski definition) is 5. The zero-order valence-corrected chi connectivity index (χ0v) is 19.9. The number of fused-ring (bicyclic) bond motifs is 1. The molecule has 0 aliphatic carbocycles. The van der Waals surface area contributed by atoms with Crippen molar-refractivity contribution in [3.8, 4) is 28.7 Å². The quantitative estimate of drug-likeness (QED) is 0.531. The van der Waals surface area contributed by atoms with E-state index in [1.807, 2.05) is 39.8 Å². The molecule has 1 heterocycles. The third kappa shape index (κ3) is 4.87. The van der Waals surface area contributed by atoms with Crippen LogP contribution in [0.5, 0.6) is 28.7 Å². The van der Waals surface area contributed by atoms with E-state index in [1.54, 1.807) is 20.3 Å². The fourth-order valence-corrected chi connectivity index (χ4v) is 4.14. The number of allylic oxidation sites excluding steroid dienone is 4. The van der Waals surface area contributed by atoms with Crippen molar-refractivity contribution in [2.75, 3.05) is 20.8 Å². The van der Waals surface area contributed by atoms with Crippen molar-refractivity contribution in [2.45, 2.75) is 52.9 Å². The highest BCUT2D eigenvalue weighted by Gasteiger charge is 2.30. The van der Waals surface area contributed by atoms with Crippen LogP contribution in [0.4, 0.5) is 0 Å². The Kier molecular flexibility index (Phi) is 7.39. The third-order valence-electron chi connectivity index (χ3n) is 5.88. The van der Waals surface area contributed by atoms with Crippen molar-refractivity contribution in [3.05, 3.63) is 63.8 Å². The van der Waals surface area contributed by atoms with E-state index in [2.05, 4.69) is 12.2 Å². The average Bonchev–Trinajstić information content (AvgIpc) is 2.75. The van der Waals surface area contributed by atoms with Gasteiger partial charge in [-0.2, -0.15) is 0 Å². The van der Waals surface area contributed by atoms with E-state index in [-0.39, 0.29) is 17.4 Å². The molecule has 2 N–H and O–H groups in total. The molecule has 172 valence electrons. The van der Waals surface area contributed by atoms with Crippen molar-refractivity contribution in [2.24, 2.45) is 0 Å². The fourth-order valence-electron chi connectivity index (χ4n) is 4.14. The zero-order valence-electron chi connectivity index (χ0n) is 19.9.